The Labute approximate surface area is 76.7 Å². The average Bonchev–Trinajstić information content (AvgIpc) is 2.63. The summed E-state index contributed by atoms with van der Waals surface area (Å²) < 4.78 is 0. The van der Waals surface area contributed by atoms with Gasteiger partial charge in [-0.1, -0.05) is 0 Å². The fourth-order valence-corrected chi connectivity index (χ4v) is 1.90. The van der Waals surface area contributed by atoms with Crippen LogP contribution < -0.4 is 5.32 Å². The van der Waals surface area contributed by atoms with E-state index in [1.165, 1.54) is 5.56 Å². The third-order valence-electron chi connectivity index (χ3n) is 2.60. The summed E-state index contributed by atoms with van der Waals surface area (Å²) in [6, 6.07) is 0. The van der Waals surface area contributed by atoms with Gasteiger partial charge in [0.25, 0.3) is 0 Å². The van der Waals surface area contributed by atoms with Gasteiger partial charge in [0.2, 0.25) is 5.91 Å². The molecule has 1 heterocycles. The molecular formula is C9H13N3O. The normalized spacial score (nSPS) is 20.8. The predicted molar refractivity (Wildman–Crippen MR) is 48.3 cm³/mol. The number of aromatic amines is 1. The topological polar surface area (TPSA) is 57.8 Å². The first-order chi connectivity index (χ1) is 6.33. The Hall–Kier alpha value is -1.32. The van der Waals surface area contributed by atoms with E-state index in [-0.39, 0.29) is 11.8 Å². The number of aryl methyl sites for hydroxylation is 1. The van der Waals surface area contributed by atoms with E-state index in [4.69, 9.17) is 0 Å². The lowest BCUT2D eigenvalue weighted by atomic mass is 9.87. The minimum atomic E-state index is -0.0174. The molecule has 4 nitrogen and oxygen atoms in total. The van der Waals surface area contributed by atoms with Crippen LogP contribution in [-0.4, -0.2) is 23.2 Å². The van der Waals surface area contributed by atoms with E-state index in [0.29, 0.717) is 0 Å². The Bertz CT molecular complexity index is 318. The summed E-state index contributed by atoms with van der Waals surface area (Å²) in [7, 11) is 1.67. The van der Waals surface area contributed by atoms with E-state index in [1.54, 1.807) is 7.05 Å². The van der Waals surface area contributed by atoms with Gasteiger partial charge in [-0.25, -0.2) is 0 Å². The maximum Gasteiger partial charge on any atom is 0.228 e. The molecule has 0 saturated heterocycles. The van der Waals surface area contributed by atoms with Crippen molar-refractivity contribution in [1.82, 2.24) is 15.5 Å². The fraction of sp³-hybridized carbons (Fsp3) is 0.556. The fourth-order valence-electron chi connectivity index (χ4n) is 1.90. The second-order valence-electron chi connectivity index (χ2n) is 3.37. The van der Waals surface area contributed by atoms with Crippen LogP contribution in [0.1, 0.15) is 30.0 Å². The van der Waals surface area contributed by atoms with E-state index in [1.807, 2.05) is 6.20 Å². The molecule has 0 bridgehead atoms. The Kier molecular flexibility index (Phi) is 2.04. The van der Waals surface area contributed by atoms with Gasteiger partial charge in [-0.05, 0) is 24.8 Å². The van der Waals surface area contributed by atoms with E-state index < -0.39 is 0 Å². The number of amides is 1. The summed E-state index contributed by atoms with van der Waals surface area (Å²) >= 11 is 0. The molecule has 1 unspecified atom stereocenters. The van der Waals surface area contributed by atoms with Crippen LogP contribution in [0.3, 0.4) is 0 Å². The first kappa shape index (κ1) is 8.29. The molecule has 1 atom stereocenters. The minimum absolute atomic E-state index is 0.0174. The molecular weight excluding hydrogens is 166 g/mol. The van der Waals surface area contributed by atoms with Crippen molar-refractivity contribution in [2.75, 3.05) is 7.05 Å². The monoisotopic (exact) mass is 179 g/mol. The summed E-state index contributed by atoms with van der Waals surface area (Å²) in [5.41, 5.74) is 2.20. The lowest BCUT2D eigenvalue weighted by Crippen LogP contribution is -2.28. The van der Waals surface area contributed by atoms with Gasteiger partial charge >= 0.3 is 0 Å². The minimum Gasteiger partial charge on any atom is -0.359 e. The van der Waals surface area contributed by atoms with E-state index >= 15 is 0 Å². The molecule has 70 valence electrons. The molecule has 1 amide bonds. The number of nitrogens with one attached hydrogen (secondary N) is 2. The highest BCUT2D eigenvalue weighted by atomic mass is 16.1. The molecule has 0 spiro atoms. The summed E-state index contributed by atoms with van der Waals surface area (Å²) in [5.74, 6) is 0.0708. The van der Waals surface area contributed by atoms with Crippen molar-refractivity contribution in [2.24, 2.45) is 0 Å². The van der Waals surface area contributed by atoms with Gasteiger partial charge in [-0.2, -0.15) is 5.10 Å². The zero-order valence-electron chi connectivity index (χ0n) is 7.63. The van der Waals surface area contributed by atoms with E-state index in [9.17, 15) is 4.79 Å². The number of likely N-dealkylation sites (N-methyl/N-ethyl adjacent to an activating group) is 1. The lowest BCUT2D eigenvalue weighted by molar-refractivity contribution is -0.122. The number of nitrogens with zero attached hydrogens (tertiary/aromatic N) is 1. The number of aromatic nitrogens is 2. The Morgan fingerprint density at radius 2 is 2.62 bits per heavy atom. The van der Waals surface area contributed by atoms with Crippen molar-refractivity contribution in [3.05, 3.63) is 17.5 Å². The molecule has 1 aromatic heterocycles. The van der Waals surface area contributed by atoms with Crippen LogP contribution in [0.15, 0.2) is 6.20 Å². The Morgan fingerprint density at radius 1 is 1.77 bits per heavy atom. The quantitative estimate of drug-likeness (QED) is 0.662. The largest absolute Gasteiger partial charge is 0.359 e. The molecule has 4 heteroatoms. The molecule has 0 aromatic carbocycles. The van der Waals surface area contributed by atoms with Gasteiger partial charge in [-0.3, -0.25) is 9.89 Å². The lowest BCUT2D eigenvalue weighted by Gasteiger charge is -2.19. The average molecular weight is 179 g/mol. The van der Waals surface area contributed by atoms with Gasteiger partial charge in [-0.15, -0.1) is 0 Å². The third-order valence-corrected chi connectivity index (χ3v) is 2.60. The number of H-pyrrole nitrogens is 1. The maximum atomic E-state index is 11.5. The molecule has 1 aliphatic carbocycles. The third kappa shape index (κ3) is 1.32. The van der Waals surface area contributed by atoms with Crippen LogP contribution in [-0.2, 0) is 11.2 Å². The van der Waals surface area contributed by atoms with Crippen LogP contribution in [0.4, 0.5) is 0 Å². The predicted octanol–water partition coefficient (Wildman–Crippen LogP) is 0.576. The summed E-state index contributed by atoms with van der Waals surface area (Å²) in [6.07, 6.45) is 4.86. The SMILES string of the molecule is CNC(=O)C1CCCc2cn[nH]c21. The van der Waals surface area contributed by atoms with Crippen LogP contribution in [0.5, 0.6) is 0 Å². The Balaban J connectivity index is 2.30. The van der Waals surface area contributed by atoms with Gasteiger partial charge < -0.3 is 5.32 Å². The standard InChI is InChI=1S/C9H13N3O/c1-10-9(13)7-4-2-3-6-5-11-12-8(6)7/h5,7H,2-4H2,1H3,(H,10,13)(H,11,12). The van der Waals surface area contributed by atoms with Crippen LogP contribution in [0, 0.1) is 0 Å². The van der Waals surface area contributed by atoms with Gasteiger partial charge in [0.15, 0.2) is 0 Å². The first-order valence-electron chi connectivity index (χ1n) is 4.56. The number of carbonyl (C=O) groups is 1. The smallest absolute Gasteiger partial charge is 0.228 e. The number of rotatable bonds is 1. The highest BCUT2D eigenvalue weighted by Gasteiger charge is 2.27. The second-order valence-corrected chi connectivity index (χ2v) is 3.37. The zero-order valence-corrected chi connectivity index (χ0v) is 7.63. The summed E-state index contributed by atoms with van der Waals surface area (Å²) in [4.78, 5) is 11.5. The number of hydrogen-bond donors (Lipinski definition) is 2. The van der Waals surface area contributed by atoms with Crippen LogP contribution in [0.2, 0.25) is 0 Å². The van der Waals surface area contributed by atoms with Gasteiger partial charge in [0.1, 0.15) is 0 Å². The van der Waals surface area contributed by atoms with Crippen molar-refractivity contribution in [3.8, 4) is 0 Å². The molecule has 2 N–H and O–H groups in total. The molecule has 13 heavy (non-hydrogen) atoms. The molecule has 1 aromatic rings. The first-order valence-corrected chi connectivity index (χ1v) is 4.56. The molecule has 0 radical (unpaired) electrons. The number of carbonyl (C=O) groups excluding carboxylic acids is 1. The molecule has 0 saturated carbocycles. The summed E-state index contributed by atoms with van der Waals surface area (Å²) in [5, 5.41) is 9.56. The number of hydrogen-bond acceptors (Lipinski definition) is 2. The highest BCUT2D eigenvalue weighted by molar-refractivity contribution is 5.83. The Morgan fingerprint density at radius 3 is 3.38 bits per heavy atom. The van der Waals surface area contributed by atoms with Crippen molar-refractivity contribution in [2.45, 2.75) is 25.2 Å². The van der Waals surface area contributed by atoms with Crippen molar-refractivity contribution < 1.29 is 4.79 Å². The zero-order chi connectivity index (χ0) is 9.26. The van der Waals surface area contributed by atoms with Crippen LogP contribution in [0.25, 0.3) is 0 Å². The second kappa shape index (κ2) is 3.20. The highest BCUT2D eigenvalue weighted by Crippen LogP contribution is 2.29. The maximum absolute atomic E-state index is 11.5. The van der Waals surface area contributed by atoms with Crippen LogP contribution >= 0.6 is 0 Å². The summed E-state index contributed by atoms with van der Waals surface area (Å²) in [6.45, 7) is 0. The van der Waals surface area contributed by atoms with Crippen molar-refractivity contribution >= 4 is 5.91 Å². The molecule has 0 aliphatic heterocycles. The van der Waals surface area contributed by atoms with Crippen molar-refractivity contribution in [3.63, 3.8) is 0 Å². The molecule has 2 rings (SSSR count). The van der Waals surface area contributed by atoms with E-state index in [0.717, 1.165) is 25.0 Å². The van der Waals surface area contributed by atoms with Gasteiger partial charge in [0, 0.05) is 7.05 Å². The number of fused-ring (bicyclic) bond motifs is 1. The van der Waals surface area contributed by atoms with Crippen molar-refractivity contribution in [1.29, 1.82) is 0 Å². The molecule has 1 aliphatic rings. The van der Waals surface area contributed by atoms with Gasteiger partial charge in [0.05, 0.1) is 17.8 Å². The molecule has 0 fully saturated rings. The van der Waals surface area contributed by atoms with E-state index in [2.05, 4.69) is 15.5 Å².